The smallest absolute Gasteiger partial charge is 0.119 e. The first-order valence-corrected chi connectivity index (χ1v) is 6.90. The topological polar surface area (TPSA) is 21.3 Å². The number of hydrogen-bond donors (Lipinski definition) is 1. The molecule has 0 spiro atoms. The van der Waals surface area contributed by atoms with E-state index in [1.165, 1.54) is 5.57 Å². The highest BCUT2D eigenvalue weighted by atomic mass is 16.5. The van der Waals surface area contributed by atoms with Crippen molar-refractivity contribution in [1.82, 2.24) is 5.32 Å². The zero-order valence-corrected chi connectivity index (χ0v) is 11.9. The molecule has 0 saturated carbocycles. The molecular formula is C18H21NO. The van der Waals surface area contributed by atoms with Crippen LogP contribution < -0.4 is 10.1 Å². The minimum absolute atomic E-state index is 0.765. The predicted octanol–water partition coefficient (Wildman–Crippen LogP) is 4.09. The second-order valence-electron chi connectivity index (χ2n) is 4.68. The third-order valence-electron chi connectivity index (χ3n) is 3.19. The summed E-state index contributed by atoms with van der Waals surface area (Å²) in [5, 5.41) is 3.30. The SMILES string of the molecule is C=C(NC/C=C/C1=CCCC=C1)c1cccc(OC)c1. The molecule has 1 aromatic rings. The summed E-state index contributed by atoms with van der Waals surface area (Å²) in [4.78, 5) is 0. The molecule has 0 aromatic heterocycles. The zero-order chi connectivity index (χ0) is 14.2. The van der Waals surface area contributed by atoms with E-state index in [-0.39, 0.29) is 0 Å². The van der Waals surface area contributed by atoms with E-state index in [1.54, 1.807) is 7.11 Å². The van der Waals surface area contributed by atoms with Crippen molar-refractivity contribution in [2.45, 2.75) is 12.8 Å². The fourth-order valence-corrected chi connectivity index (χ4v) is 2.05. The molecule has 20 heavy (non-hydrogen) atoms. The van der Waals surface area contributed by atoms with Crippen LogP contribution in [0.4, 0.5) is 0 Å². The van der Waals surface area contributed by atoms with Crippen molar-refractivity contribution in [2.24, 2.45) is 0 Å². The average molecular weight is 267 g/mol. The maximum Gasteiger partial charge on any atom is 0.119 e. The molecule has 1 aliphatic rings. The molecule has 0 saturated heterocycles. The summed E-state index contributed by atoms with van der Waals surface area (Å²) < 4.78 is 5.21. The normalized spacial score (nSPS) is 14.2. The molecule has 1 aliphatic carbocycles. The lowest BCUT2D eigenvalue weighted by Crippen LogP contribution is -2.11. The lowest BCUT2D eigenvalue weighted by Gasteiger charge is -2.09. The second kappa shape index (κ2) is 7.39. The summed E-state index contributed by atoms with van der Waals surface area (Å²) in [6.07, 6.45) is 13.2. The van der Waals surface area contributed by atoms with Gasteiger partial charge in [-0.25, -0.2) is 0 Å². The Kier molecular flexibility index (Phi) is 5.24. The van der Waals surface area contributed by atoms with Crippen LogP contribution in [-0.4, -0.2) is 13.7 Å². The molecule has 104 valence electrons. The Morgan fingerprint density at radius 3 is 3.05 bits per heavy atom. The van der Waals surface area contributed by atoms with E-state index in [9.17, 15) is 0 Å². The number of ether oxygens (including phenoxy) is 1. The van der Waals surface area contributed by atoms with Crippen molar-refractivity contribution in [2.75, 3.05) is 13.7 Å². The van der Waals surface area contributed by atoms with Crippen LogP contribution >= 0.6 is 0 Å². The maximum absolute atomic E-state index is 5.21. The summed E-state index contributed by atoms with van der Waals surface area (Å²) in [6, 6.07) is 7.90. The molecule has 1 N–H and O–H groups in total. The van der Waals surface area contributed by atoms with Gasteiger partial charge < -0.3 is 10.1 Å². The Balaban J connectivity index is 1.84. The van der Waals surface area contributed by atoms with Crippen molar-refractivity contribution >= 4 is 5.70 Å². The van der Waals surface area contributed by atoms with Gasteiger partial charge in [-0.15, -0.1) is 0 Å². The van der Waals surface area contributed by atoms with Crippen molar-refractivity contribution in [3.8, 4) is 5.75 Å². The van der Waals surface area contributed by atoms with Crippen LogP contribution in [0, 0.1) is 0 Å². The van der Waals surface area contributed by atoms with Gasteiger partial charge in [-0.3, -0.25) is 0 Å². The number of nitrogens with one attached hydrogen (secondary N) is 1. The molecule has 0 heterocycles. The number of rotatable bonds is 6. The van der Waals surface area contributed by atoms with E-state index in [2.05, 4.69) is 42.3 Å². The van der Waals surface area contributed by atoms with Gasteiger partial charge in [0, 0.05) is 17.8 Å². The molecule has 2 rings (SSSR count). The molecule has 0 radical (unpaired) electrons. The summed E-state index contributed by atoms with van der Waals surface area (Å²) in [7, 11) is 1.67. The fourth-order valence-electron chi connectivity index (χ4n) is 2.05. The predicted molar refractivity (Wildman–Crippen MR) is 85.6 cm³/mol. The summed E-state index contributed by atoms with van der Waals surface area (Å²) in [6.45, 7) is 4.82. The Bertz CT molecular complexity index is 552. The lowest BCUT2D eigenvalue weighted by molar-refractivity contribution is 0.414. The molecule has 0 bridgehead atoms. The fraction of sp³-hybridized carbons (Fsp3) is 0.222. The second-order valence-corrected chi connectivity index (χ2v) is 4.68. The van der Waals surface area contributed by atoms with Gasteiger partial charge >= 0.3 is 0 Å². The summed E-state index contributed by atoms with van der Waals surface area (Å²) >= 11 is 0. The number of methoxy groups -OCH3 is 1. The molecule has 0 amide bonds. The largest absolute Gasteiger partial charge is 0.497 e. The van der Waals surface area contributed by atoms with Crippen LogP contribution in [0.2, 0.25) is 0 Å². The number of allylic oxidation sites excluding steroid dienone is 5. The van der Waals surface area contributed by atoms with E-state index >= 15 is 0 Å². The first-order chi connectivity index (χ1) is 9.79. The van der Waals surface area contributed by atoms with Crippen molar-refractivity contribution in [3.05, 3.63) is 72.4 Å². The number of hydrogen-bond acceptors (Lipinski definition) is 2. The van der Waals surface area contributed by atoms with Crippen LogP contribution in [-0.2, 0) is 0 Å². The molecule has 0 unspecified atom stereocenters. The van der Waals surface area contributed by atoms with Crippen LogP contribution in [0.15, 0.2) is 66.8 Å². The van der Waals surface area contributed by atoms with Gasteiger partial charge in [-0.05, 0) is 30.5 Å². The van der Waals surface area contributed by atoms with Crippen LogP contribution in [0.5, 0.6) is 5.75 Å². The van der Waals surface area contributed by atoms with E-state index in [0.717, 1.165) is 36.4 Å². The van der Waals surface area contributed by atoms with Gasteiger partial charge in [-0.1, -0.05) is 49.1 Å². The first kappa shape index (κ1) is 14.2. The third-order valence-corrected chi connectivity index (χ3v) is 3.19. The summed E-state index contributed by atoms with van der Waals surface area (Å²) in [5.74, 6) is 0.846. The standard InChI is InChI=1S/C18H21NO/c1-15(17-11-6-12-18(14-17)20-2)19-13-7-10-16-8-4-3-5-9-16/h4,6-12,14,19H,1,3,5,13H2,2H3/b10-7+. The van der Waals surface area contributed by atoms with Gasteiger partial charge in [0.25, 0.3) is 0 Å². The van der Waals surface area contributed by atoms with Gasteiger partial charge in [-0.2, -0.15) is 0 Å². The van der Waals surface area contributed by atoms with E-state index in [1.807, 2.05) is 24.3 Å². The van der Waals surface area contributed by atoms with Crippen molar-refractivity contribution in [1.29, 1.82) is 0 Å². The minimum Gasteiger partial charge on any atom is -0.497 e. The summed E-state index contributed by atoms with van der Waals surface area (Å²) in [5.41, 5.74) is 3.24. The number of benzene rings is 1. The highest BCUT2D eigenvalue weighted by Crippen LogP contribution is 2.17. The Labute approximate surface area is 121 Å². The monoisotopic (exact) mass is 267 g/mol. The molecule has 2 heteroatoms. The van der Waals surface area contributed by atoms with Crippen LogP contribution in [0.1, 0.15) is 18.4 Å². The average Bonchev–Trinajstić information content (AvgIpc) is 2.52. The Hall–Kier alpha value is -2.22. The first-order valence-electron chi connectivity index (χ1n) is 6.90. The molecule has 0 aliphatic heterocycles. The highest BCUT2D eigenvalue weighted by molar-refractivity contribution is 5.63. The van der Waals surface area contributed by atoms with E-state index in [4.69, 9.17) is 4.74 Å². The molecule has 1 aromatic carbocycles. The van der Waals surface area contributed by atoms with Gasteiger partial charge in [0.1, 0.15) is 5.75 Å². The third kappa shape index (κ3) is 4.16. The van der Waals surface area contributed by atoms with Crippen molar-refractivity contribution in [3.63, 3.8) is 0 Å². The minimum atomic E-state index is 0.765. The van der Waals surface area contributed by atoms with Gasteiger partial charge in [0.05, 0.1) is 7.11 Å². The van der Waals surface area contributed by atoms with Gasteiger partial charge in [0.2, 0.25) is 0 Å². The van der Waals surface area contributed by atoms with Crippen molar-refractivity contribution < 1.29 is 4.74 Å². The zero-order valence-electron chi connectivity index (χ0n) is 11.9. The van der Waals surface area contributed by atoms with Crippen LogP contribution in [0.25, 0.3) is 5.70 Å². The quantitative estimate of drug-likeness (QED) is 0.838. The Morgan fingerprint density at radius 1 is 1.40 bits per heavy atom. The molecule has 0 atom stereocenters. The van der Waals surface area contributed by atoms with E-state index < -0.39 is 0 Å². The van der Waals surface area contributed by atoms with Gasteiger partial charge in [0.15, 0.2) is 0 Å². The lowest BCUT2D eigenvalue weighted by atomic mass is 10.1. The van der Waals surface area contributed by atoms with Crippen LogP contribution in [0.3, 0.4) is 0 Å². The molecular weight excluding hydrogens is 246 g/mol. The molecule has 0 fully saturated rings. The molecule has 2 nitrogen and oxygen atoms in total. The Morgan fingerprint density at radius 2 is 2.30 bits per heavy atom. The highest BCUT2D eigenvalue weighted by Gasteiger charge is 1.99. The maximum atomic E-state index is 5.21. The van der Waals surface area contributed by atoms with E-state index in [0.29, 0.717) is 0 Å².